The lowest BCUT2D eigenvalue weighted by atomic mass is 10.1. The van der Waals surface area contributed by atoms with Crippen molar-refractivity contribution in [2.24, 2.45) is 0 Å². The van der Waals surface area contributed by atoms with Gasteiger partial charge in [-0.3, -0.25) is 14.2 Å². The number of amides is 1. The number of aromatic nitrogens is 2. The van der Waals surface area contributed by atoms with Crippen molar-refractivity contribution in [2.75, 3.05) is 16.8 Å². The number of aryl methyl sites for hydroxylation is 2. The van der Waals surface area contributed by atoms with Gasteiger partial charge < -0.3 is 5.32 Å². The van der Waals surface area contributed by atoms with Gasteiger partial charge in [-0.2, -0.15) is 0 Å². The van der Waals surface area contributed by atoms with Crippen LogP contribution in [0, 0.1) is 0 Å². The van der Waals surface area contributed by atoms with Gasteiger partial charge in [-0.25, -0.2) is 4.98 Å². The monoisotopic (exact) mass is 451 g/mol. The normalized spacial score (nSPS) is 12.5. The molecular weight excluding hydrogens is 426 g/mol. The number of nitrogens with one attached hydrogen (secondary N) is 1. The van der Waals surface area contributed by atoms with E-state index in [0.29, 0.717) is 5.16 Å². The van der Waals surface area contributed by atoms with E-state index >= 15 is 0 Å². The molecular formula is C24H25N3O2S2. The van der Waals surface area contributed by atoms with E-state index in [9.17, 15) is 9.59 Å². The molecule has 31 heavy (non-hydrogen) atoms. The molecule has 1 amide bonds. The Morgan fingerprint density at radius 1 is 1.16 bits per heavy atom. The fraction of sp³-hybridized carbons (Fsp3) is 0.292. The number of carbonyl (C=O) groups is 1. The molecule has 0 bridgehead atoms. The molecule has 0 unspecified atom stereocenters. The number of rotatable bonds is 8. The maximum Gasteiger partial charge on any atom is 0.272 e. The summed E-state index contributed by atoms with van der Waals surface area (Å²) in [4.78, 5) is 31.1. The Hall–Kier alpha value is -2.51. The van der Waals surface area contributed by atoms with E-state index in [1.54, 1.807) is 16.3 Å². The minimum absolute atomic E-state index is 0.0516. The van der Waals surface area contributed by atoms with Crippen LogP contribution in [0.5, 0.6) is 0 Å². The Morgan fingerprint density at radius 3 is 2.68 bits per heavy atom. The average molecular weight is 452 g/mol. The van der Waals surface area contributed by atoms with Crippen molar-refractivity contribution in [3.05, 3.63) is 76.2 Å². The number of anilines is 1. The third-order valence-corrected chi connectivity index (χ3v) is 7.12. The summed E-state index contributed by atoms with van der Waals surface area (Å²) >= 11 is 2.85. The van der Waals surface area contributed by atoms with Crippen molar-refractivity contribution in [1.29, 1.82) is 0 Å². The fourth-order valence-electron chi connectivity index (χ4n) is 3.46. The molecule has 4 rings (SSSR count). The summed E-state index contributed by atoms with van der Waals surface area (Å²) in [6, 6.07) is 17.5. The van der Waals surface area contributed by atoms with Gasteiger partial charge in [0.05, 0.1) is 22.0 Å². The zero-order valence-electron chi connectivity index (χ0n) is 17.5. The van der Waals surface area contributed by atoms with Crippen LogP contribution in [-0.4, -0.2) is 27.0 Å². The lowest BCUT2D eigenvalue weighted by molar-refractivity contribution is -0.113. The van der Waals surface area contributed by atoms with Crippen LogP contribution in [0.3, 0.4) is 0 Å². The molecule has 1 aromatic heterocycles. The molecule has 0 aliphatic carbocycles. The molecule has 7 heteroatoms. The summed E-state index contributed by atoms with van der Waals surface area (Å²) in [5.74, 6) is 0.938. The first kappa shape index (κ1) is 21.7. The third-order valence-electron chi connectivity index (χ3n) is 5.07. The lowest BCUT2D eigenvalue weighted by Gasteiger charge is -2.13. The minimum Gasteiger partial charge on any atom is -0.325 e. The number of hydrogen-bond donors (Lipinski definition) is 1. The second-order valence-electron chi connectivity index (χ2n) is 7.38. The summed E-state index contributed by atoms with van der Waals surface area (Å²) in [7, 11) is 0. The van der Waals surface area contributed by atoms with E-state index in [1.807, 2.05) is 42.5 Å². The van der Waals surface area contributed by atoms with E-state index in [4.69, 9.17) is 4.98 Å². The standard InChI is InChI=1S/C24H25N3O2S2/c1-2-3-7-17-10-12-18(13-11-17)25-21(28)16-31-24-26-20-14-15-30-22(20)23(29)27(24)19-8-5-4-6-9-19/h4-6,8-13H,2-3,7,14-16H2,1H3,(H,25,28). The van der Waals surface area contributed by atoms with E-state index in [2.05, 4.69) is 24.4 Å². The quantitative estimate of drug-likeness (QED) is 0.388. The Labute approximate surface area is 190 Å². The molecule has 0 fully saturated rings. The number of nitrogens with zero attached hydrogens (tertiary/aromatic N) is 2. The maximum atomic E-state index is 13.1. The van der Waals surface area contributed by atoms with Gasteiger partial charge in [0, 0.05) is 17.9 Å². The average Bonchev–Trinajstić information content (AvgIpc) is 3.27. The third kappa shape index (κ3) is 5.22. The van der Waals surface area contributed by atoms with Gasteiger partial charge >= 0.3 is 0 Å². The molecule has 1 N–H and O–H groups in total. The van der Waals surface area contributed by atoms with E-state index in [-0.39, 0.29) is 17.2 Å². The zero-order chi connectivity index (χ0) is 21.6. The smallest absolute Gasteiger partial charge is 0.272 e. The molecule has 3 aromatic rings. The van der Waals surface area contributed by atoms with Crippen LogP contribution < -0.4 is 10.9 Å². The van der Waals surface area contributed by atoms with Gasteiger partial charge in [0.15, 0.2) is 5.16 Å². The molecule has 0 saturated heterocycles. The van der Waals surface area contributed by atoms with Crippen molar-refractivity contribution >= 4 is 35.1 Å². The molecule has 1 aliphatic rings. The van der Waals surface area contributed by atoms with Crippen LogP contribution in [0.1, 0.15) is 31.0 Å². The molecule has 2 heterocycles. The second-order valence-corrected chi connectivity index (χ2v) is 9.43. The molecule has 0 atom stereocenters. The van der Waals surface area contributed by atoms with Crippen LogP contribution in [0.15, 0.2) is 69.4 Å². The second kappa shape index (κ2) is 10.2. The van der Waals surface area contributed by atoms with Crippen LogP contribution in [0.25, 0.3) is 5.69 Å². The molecule has 1 aliphatic heterocycles. The van der Waals surface area contributed by atoms with E-state index in [0.717, 1.165) is 47.0 Å². The largest absolute Gasteiger partial charge is 0.325 e. The molecule has 5 nitrogen and oxygen atoms in total. The summed E-state index contributed by atoms with van der Waals surface area (Å²) in [5, 5.41) is 3.50. The Kier molecular flexibility index (Phi) is 7.14. The van der Waals surface area contributed by atoms with Crippen LogP contribution in [-0.2, 0) is 17.6 Å². The molecule has 0 spiro atoms. The Morgan fingerprint density at radius 2 is 1.94 bits per heavy atom. The summed E-state index contributed by atoms with van der Waals surface area (Å²) in [6.07, 6.45) is 4.17. The number of fused-ring (bicyclic) bond motifs is 1. The van der Waals surface area contributed by atoms with Gasteiger partial charge in [0.2, 0.25) is 5.91 Å². The number of hydrogen-bond acceptors (Lipinski definition) is 5. The summed E-state index contributed by atoms with van der Waals surface area (Å²) in [5.41, 5.74) is 3.61. The minimum atomic E-state index is -0.116. The van der Waals surface area contributed by atoms with Gasteiger partial charge in [-0.15, -0.1) is 11.8 Å². The highest BCUT2D eigenvalue weighted by Gasteiger charge is 2.23. The number of benzene rings is 2. The lowest BCUT2D eigenvalue weighted by Crippen LogP contribution is -2.24. The highest BCUT2D eigenvalue weighted by atomic mass is 32.2. The highest BCUT2D eigenvalue weighted by molar-refractivity contribution is 8.00. The predicted molar refractivity (Wildman–Crippen MR) is 129 cm³/mol. The Balaban J connectivity index is 1.49. The molecule has 2 aromatic carbocycles. The summed E-state index contributed by atoms with van der Waals surface area (Å²) in [6.45, 7) is 2.18. The van der Waals surface area contributed by atoms with Crippen molar-refractivity contribution in [2.45, 2.75) is 42.7 Å². The number of para-hydroxylation sites is 1. The van der Waals surface area contributed by atoms with E-state index in [1.165, 1.54) is 23.7 Å². The topological polar surface area (TPSA) is 64.0 Å². The first-order valence-corrected chi connectivity index (χ1v) is 12.5. The van der Waals surface area contributed by atoms with Crippen molar-refractivity contribution in [3.63, 3.8) is 0 Å². The van der Waals surface area contributed by atoms with Crippen molar-refractivity contribution in [1.82, 2.24) is 9.55 Å². The predicted octanol–water partition coefficient (Wildman–Crippen LogP) is 4.95. The molecule has 0 radical (unpaired) electrons. The maximum absolute atomic E-state index is 13.1. The zero-order valence-corrected chi connectivity index (χ0v) is 19.1. The SMILES string of the molecule is CCCCc1ccc(NC(=O)CSc2nc3c(c(=O)n2-c2ccccc2)SCC3)cc1. The first-order valence-electron chi connectivity index (χ1n) is 10.5. The van der Waals surface area contributed by atoms with Gasteiger partial charge in [-0.05, 0) is 42.7 Å². The van der Waals surface area contributed by atoms with Gasteiger partial charge in [0.25, 0.3) is 5.56 Å². The van der Waals surface area contributed by atoms with E-state index < -0.39 is 0 Å². The van der Waals surface area contributed by atoms with Crippen LogP contribution in [0.2, 0.25) is 0 Å². The Bertz CT molecular complexity index is 1110. The number of thioether (sulfide) groups is 2. The van der Waals surface area contributed by atoms with Crippen molar-refractivity contribution in [3.8, 4) is 5.69 Å². The van der Waals surface area contributed by atoms with Gasteiger partial charge in [-0.1, -0.05) is 55.4 Å². The number of carbonyl (C=O) groups excluding carboxylic acids is 1. The fourth-order valence-corrected chi connectivity index (χ4v) is 5.31. The number of unbranched alkanes of at least 4 members (excludes halogenated alkanes) is 1. The molecule has 0 saturated carbocycles. The van der Waals surface area contributed by atoms with Crippen LogP contribution in [0.4, 0.5) is 5.69 Å². The summed E-state index contributed by atoms with van der Waals surface area (Å²) < 4.78 is 1.62. The highest BCUT2D eigenvalue weighted by Crippen LogP contribution is 2.30. The van der Waals surface area contributed by atoms with Crippen LogP contribution >= 0.6 is 23.5 Å². The first-order chi connectivity index (χ1) is 15.2. The van der Waals surface area contributed by atoms with Crippen molar-refractivity contribution < 1.29 is 4.79 Å². The molecule has 160 valence electrons. The van der Waals surface area contributed by atoms with Gasteiger partial charge in [0.1, 0.15) is 0 Å².